The summed E-state index contributed by atoms with van der Waals surface area (Å²) < 4.78 is 0. The number of likely N-dealkylation sites (tertiary alicyclic amines) is 2. The van der Waals surface area contributed by atoms with Crippen LogP contribution in [0.4, 0.5) is 11.4 Å². The summed E-state index contributed by atoms with van der Waals surface area (Å²) in [6.07, 6.45) is 18.2. The van der Waals surface area contributed by atoms with Crippen LogP contribution in [-0.4, -0.2) is 103 Å². The van der Waals surface area contributed by atoms with Gasteiger partial charge in [0.25, 0.3) is 0 Å². The molecule has 2 aromatic carbocycles. The standard InChI is InChI=1S/C27H33N5O2.C26H31N5O2/c1-3-27(4-2)20-14-21-19(18-10-8-9-17-15-28-30-24(17)25(18)29-21)13-22(20)32(26(27)34)16-23(33)31-11-6-5-7-12-31;1-3-26(4-2)19-13-20-18(17-9-7-8-16-14-27-29-23(16)24(17)28-20)12-21(19)31(25(26)33)15-22(32)30-10-5-6-11-30/h13-15,29H,3-12,16H2,1-2H3,(H,28,30);12-14,28H,3-11,15H2,1-2H3,(H,27,29). The van der Waals surface area contributed by atoms with E-state index < -0.39 is 10.8 Å². The van der Waals surface area contributed by atoms with E-state index in [9.17, 15) is 19.2 Å². The number of carbonyl (C=O) groups is 4. The van der Waals surface area contributed by atoms with Crippen molar-refractivity contribution in [3.63, 3.8) is 0 Å². The van der Waals surface area contributed by atoms with Gasteiger partial charge in [0.1, 0.15) is 13.1 Å². The van der Waals surface area contributed by atoms with E-state index in [0.717, 1.165) is 183 Å². The summed E-state index contributed by atoms with van der Waals surface area (Å²) in [5.74, 6) is 0.277. The highest BCUT2D eigenvalue weighted by Crippen LogP contribution is 2.51. The Morgan fingerprint density at radius 3 is 1.34 bits per heavy atom. The highest BCUT2D eigenvalue weighted by atomic mass is 16.2. The van der Waals surface area contributed by atoms with Gasteiger partial charge < -0.3 is 29.6 Å². The fraction of sp³-hybridized carbons (Fsp3) is 0.509. The first-order chi connectivity index (χ1) is 32.6. The third-order valence-electron chi connectivity index (χ3n) is 16.8. The molecule has 6 aromatic rings. The van der Waals surface area contributed by atoms with Gasteiger partial charge in [0.15, 0.2) is 0 Å². The number of fused-ring (bicyclic) bond motifs is 12. The van der Waals surface area contributed by atoms with Crippen molar-refractivity contribution in [1.82, 2.24) is 40.2 Å². The lowest BCUT2D eigenvalue weighted by atomic mass is 9.76. The van der Waals surface area contributed by atoms with E-state index >= 15 is 0 Å². The van der Waals surface area contributed by atoms with Gasteiger partial charge in [-0.1, -0.05) is 27.7 Å². The minimum absolute atomic E-state index is 0.0601. The maximum Gasteiger partial charge on any atom is 0.242 e. The first-order valence-corrected chi connectivity index (χ1v) is 25.3. The number of aromatic amines is 4. The van der Waals surface area contributed by atoms with E-state index in [0.29, 0.717) is 0 Å². The Morgan fingerprint density at radius 1 is 0.537 bits per heavy atom. The quantitative estimate of drug-likeness (QED) is 0.119. The van der Waals surface area contributed by atoms with Gasteiger partial charge in [-0.15, -0.1) is 0 Å². The molecule has 0 atom stereocenters. The molecule has 8 heterocycles. The highest BCUT2D eigenvalue weighted by molar-refractivity contribution is 6.14. The fourth-order valence-corrected chi connectivity index (χ4v) is 12.8. The van der Waals surface area contributed by atoms with E-state index in [1.54, 1.807) is 9.80 Å². The molecule has 14 nitrogen and oxygen atoms in total. The molecule has 14 heteroatoms. The molecule has 4 aromatic heterocycles. The second kappa shape index (κ2) is 16.9. The molecule has 12 rings (SSSR count). The minimum atomic E-state index is -0.576. The van der Waals surface area contributed by atoms with E-state index in [1.807, 2.05) is 22.2 Å². The van der Waals surface area contributed by atoms with Gasteiger partial charge in [-0.05, 0) is 154 Å². The SMILES string of the molecule is CCC1(CC)C(=O)N(CC(=O)N2CCCC2)c2cc3c4c([nH]c3cc21)-c1[nH]ncc1CCC4.CCC1(CC)C(=O)N(CC(=O)N2CCCCC2)c2cc3c4c([nH]c3cc21)-c1[nH]ncc1CCC4. The van der Waals surface area contributed by atoms with Crippen LogP contribution in [0.2, 0.25) is 0 Å². The lowest BCUT2D eigenvalue weighted by molar-refractivity contribution is -0.133. The van der Waals surface area contributed by atoms with Gasteiger partial charge in [0, 0.05) is 59.4 Å². The van der Waals surface area contributed by atoms with Crippen LogP contribution in [0.15, 0.2) is 36.7 Å². The zero-order valence-electron chi connectivity index (χ0n) is 39.6. The van der Waals surface area contributed by atoms with Crippen LogP contribution in [0.5, 0.6) is 0 Å². The van der Waals surface area contributed by atoms with Crippen LogP contribution < -0.4 is 9.80 Å². The number of aryl methyl sites for hydroxylation is 4. The van der Waals surface area contributed by atoms with Crippen molar-refractivity contribution in [1.29, 1.82) is 0 Å². The first kappa shape index (κ1) is 43.4. The van der Waals surface area contributed by atoms with Crippen LogP contribution in [0, 0.1) is 0 Å². The van der Waals surface area contributed by atoms with Crippen LogP contribution in [0.3, 0.4) is 0 Å². The highest BCUT2D eigenvalue weighted by Gasteiger charge is 2.51. The van der Waals surface area contributed by atoms with Crippen LogP contribution in [0.25, 0.3) is 44.6 Å². The topological polar surface area (TPSA) is 170 Å². The number of piperidine rings is 1. The zero-order valence-corrected chi connectivity index (χ0v) is 39.6. The van der Waals surface area contributed by atoms with E-state index in [2.05, 4.69) is 82.3 Å². The van der Waals surface area contributed by atoms with Crippen molar-refractivity contribution >= 4 is 56.8 Å². The van der Waals surface area contributed by atoms with Crippen molar-refractivity contribution in [2.24, 2.45) is 0 Å². The maximum absolute atomic E-state index is 13.9. The number of anilines is 2. The lowest BCUT2D eigenvalue weighted by Gasteiger charge is -2.30. The van der Waals surface area contributed by atoms with Gasteiger partial charge >= 0.3 is 0 Å². The maximum atomic E-state index is 13.9. The van der Waals surface area contributed by atoms with Crippen molar-refractivity contribution in [2.75, 3.05) is 49.1 Å². The Balaban J connectivity index is 0.000000148. The molecular weight excluding hydrogens is 841 g/mol. The second-order valence-electron chi connectivity index (χ2n) is 19.9. The average Bonchev–Trinajstić information content (AvgIpc) is 4.24. The molecule has 350 valence electrons. The molecule has 2 saturated heterocycles. The number of nitrogens with one attached hydrogen (secondary N) is 4. The Morgan fingerprint density at radius 2 is 0.940 bits per heavy atom. The Labute approximate surface area is 391 Å². The number of aromatic nitrogens is 6. The largest absolute Gasteiger partial charge is 0.353 e. The predicted octanol–water partition coefficient (Wildman–Crippen LogP) is 8.54. The molecule has 0 saturated carbocycles. The van der Waals surface area contributed by atoms with Crippen LogP contribution >= 0.6 is 0 Å². The lowest BCUT2D eigenvalue weighted by Crippen LogP contribution is -2.46. The van der Waals surface area contributed by atoms with Gasteiger partial charge in [0.05, 0.1) is 46.0 Å². The van der Waals surface area contributed by atoms with Gasteiger partial charge in [-0.3, -0.25) is 29.4 Å². The van der Waals surface area contributed by atoms with Gasteiger partial charge in [0.2, 0.25) is 23.6 Å². The van der Waals surface area contributed by atoms with Gasteiger partial charge in [-0.25, -0.2) is 0 Å². The van der Waals surface area contributed by atoms with Gasteiger partial charge in [-0.2, -0.15) is 10.2 Å². The predicted molar refractivity (Wildman–Crippen MR) is 261 cm³/mol. The number of amides is 4. The zero-order chi connectivity index (χ0) is 46.2. The Bertz CT molecular complexity index is 2930. The summed E-state index contributed by atoms with van der Waals surface area (Å²) >= 11 is 0. The summed E-state index contributed by atoms with van der Waals surface area (Å²) in [6.45, 7) is 11.8. The van der Waals surface area contributed by atoms with E-state index in [-0.39, 0.29) is 36.7 Å². The van der Waals surface area contributed by atoms with E-state index in [4.69, 9.17) is 0 Å². The third kappa shape index (κ3) is 6.70. The number of nitrogens with zero attached hydrogens (tertiary/aromatic N) is 6. The molecule has 0 spiro atoms. The van der Waals surface area contributed by atoms with Crippen LogP contribution in [-0.2, 0) is 55.7 Å². The normalized spacial score (nSPS) is 19.1. The number of hydrogen-bond donors (Lipinski definition) is 4. The molecule has 4 aliphatic heterocycles. The molecule has 4 amide bonds. The minimum Gasteiger partial charge on any atom is -0.353 e. The first-order valence-electron chi connectivity index (χ1n) is 25.3. The number of benzene rings is 2. The molecule has 67 heavy (non-hydrogen) atoms. The monoisotopic (exact) mass is 905 g/mol. The van der Waals surface area contributed by atoms with Crippen molar-refractivity contribution in [3.8, 4) is 22.8 Å². The average molecular weight is 905 g/mol. The summed E-state index contributed by atoms with van der Waals surface area (Å²) in [5, 5.41) is 17.3. The number of hydrogen-bond acceptors (Lipinski definition) is 6. The van der Waals surface area contributed by atoms with E-state index in [1.165, 1.54) is 28.7 Å². The Hall–Kier alpha value is -6.18. The summed E-state index contributed by atoms with van der Waals surface area (Å²) in [6, 6.07) is 8.71. The summed E-state index contributed by atoms with van der Waals surface area (Å²) in [4.78, 5) is 68.7. The number of carbonyl (C=O) groups excluding carboxylic acids is 4. The third-order valence-corrected chi connectivity index (χ3v) is 16.8. The Kier molecular flexibility index (Phi) is 10.9. The number of H-pyrrole nitrogens is 4. The van der Waals surface area contributed by atoms with Crippen molar-refractivity contribution in [2.45, 2.75) is 135 Å². The second-order valence-corrected chi connectivity index (χ2v) is 19.9. The molecule has 4 N–H and O–H groups in total. The van der Waals surface area contributed by atoms with Crippen molar-refractivity contribution in [3.05, 3.63) is 70.0 Å². The summed E-state index contributed by atoms with van der Waals surface area (Å²) in [5.41, 5.74) is 14.4. The molecule has 2 fully saturated rings. The van der Waals surface area contributed by atoms with Crippen LogP contribution in [0.1, 0.15) is 132 Å². The van der Waals surface area contributed by atoms with Crippen molar-refractivity contribution < 1.29 is 19.2 Å². The molecule has 0 bridgehead atoms. The molecular formula is C53H64N10O4. The fourth-order valence-electron chi connectivity index (χ4n) is 12.8. The smallest absolute Gasteiger partial charge is 0.242 e. The molecule has 0 radical (unpaired) electrons. The molecule has 2 aliphatic carbocycles. The molecule has 0 unspecified atom stereocenters. The number of rotatable bonds is 8. The molecule has 6 aliphatic rings. The summed E-state index contributed by atoms with van der Waals surface area (Å²) in [7, 11) is 0.